The van der Waals surface area contributed by atoms with Crippen LogP contribution in [0.1, 0.15) is 28.2 Å². The number of thiophene rings is 1. The van der Waals surface area contributed by atoms with Gasteiger partial charge in [0.05, 0.1) is 14.7 Å². The minimum absolute atomic E-state index is 0.0334. The third-order valence-corrected chi connectivity index (χ3v) is 4.86. The zero-order valence-corrected chi connectivity index (χ0v) is 13.6. The van der Waals surface area contributed by atoms with Gasteiger partial charge in [-0.2, -0.15) is 0 Å². The van der Waals surface area contributed by atoms with Crippen molar-refractivity contribution in [3.05, 3.63) is 55.1 Å². The number of hydrogen-bond donors (Lipinski definition) is 1. The summed E-state index contributed by atoms with van der Waals surface area (Å²) in [6.07, 6.45) is 0. The number of carbonyl (C=O) groups excluding carboxylic acids is 1. The van der Waals surface area contributed by atoms with Gasteiger partial charge in [-0.3, -0.25) is 4.79 Å². The Bertz CT molecular complexity index is 568. The first-order valence-corrected chi connectivity index (χ1v) is 7.79. The Hall–Kier alpha value is -0.650. The molecule has 5 heteroatoms. The third-order valence-electron chi connectivity index (χ3n) is 2.52. The van der Waals surface area contributed by atoms with Crippen LogP contribution in [0.3, 0.4) is 0 Å². The van der Waals surface area contributed by atoms with Gasteiger partial charge in [-0.15, -0.1) is 11.3 Å². The lowest BCUT2D eigenvalue weighted by molar-refractivity contribution is 0.0944. The quantitative estimate of drug-likeness (QED) is 0.806. The Morgan fingerprint density at radius 1 is 1.22 bits per heavy atom. The summed E-state index contributed by atoms with van der Waals surface area (Å²) < 4.78 is 1.96. The van der Waals surface area contributed by atoms with Crippen molar-refractivity contribution in [3.63, 3.8) is 0 Å². The topological polar surface area (TPSA) is 29.1 Å². The van der Waals surface area contributed by atoms with Gasteiger partial charge < -0.3 is 5.32 Å². The van der Waals surface area contributed by atoms with E-state index in [0.29, 0.717) is 4.88 Å². The second-order valence-electron chi connectivity index (χ2n) is 3.82. The smallest absolute Gasteiger partial charge is 0.261 e. The van der Waals surface area contributed by atoms with Crippen molar-refractivity contribution in [1.29, 1.82) is 0 Å². The molecule has 0 saturated heterocycles. The molecule has 2 aromatic rings. The molecule has 0 bridgehead atoms. The minimum Gasteiger partial charge on any atom is -0.345 e. The van der Waals surface area contributed by atoms with Gasteiger partial charge >= 0.3 is 0 Å². The summed E-state index contributed by atoms with van der Waals surface area (Å²) in [4.78, 5) is 12.7. The SMILES string of the molecule is CC(NC(=O)c1ccc(Br)s1)c1ccccc1Br. The largest absolute Gasteiger partial charge is 0.345 e. The second-order valence-corrected chi connectivity index (χ2v) is 7.14. The Kier molecular flexibility index (Phi) is 4.59. The van der Waals surface area contributed by atoms with Crippen LogP contribution < -0.4 is 5.32 Å². The van der Waals surface area contributed by atoms with Crippen molar-refractivity contribution in [2.45, 2.75) is 13.0 Å². The molecule has 0 spiro atoms. The van der Waals surface area contributed by atoms with Gasteiger partial charge in [0.1, 0.15) is 0 Å². The van der Waals surface area contributed by atoms with Gasteiger partial charge in [0.2, 0.25) is 0 Å². The Balaban J connectivity index is 2.10. The molecule has 1 amide bonds. The van der Waals surface area contributed by atoms with Crippen LogP contribution >= 0.6 is 43.2 Å². The summed E-state index contributed by atoms with van der Waals surface area (Å²) in [5.74, 6) is -0.0473. The first kappa shape index (κ1) is 13.8. The fourth-order valence-electron chi connectivity index (χ4n) is 1.61. The van der Waals surface area contributed by atoms with Crippen LogP contribution in [0.15, 0.2) is 44.7 Å². The number of benzene rings is 1. The van der Waals surface area contributed by atoms with Crippen LogP contribution in [-0.4, -0.2) is 5.91 Å². The summed E-state index contributed by atoms with van der Waals surface area (Å²) in [7, 11) is 0. The molecule has 1 N–H and O–H groups in total. The predicted octanol–water partition coefficient (Wildman–Crippen LogP) is 4.76. The van der Waals surface area contributed by atoms with Crippen molar-refractivity contribution in [2.24, 2.45) is 0 Å². The normalized spacial score (nSPS) is 12.2. The first-order valence-electron chi connectivity index (χ1n) is 5.38. The van der Waals surface area contributed by atoms with Gasteiger partial charge in [0.15, 0.2) is 0 Å². The molecule has 0 radical (unpaired) electrons. The van der Waals surface area contributed by atoms with Crippen LogP contribution in [0.5, 0.6) is 0 Å². The molecule has 1 atom stereocenters. The van der Waals surface area contributed by atoms with Crippen molar-refractivity contribution in [2.75, 3.05) is 0 Å². The number of carbonyl (C=O) groups is 1. The highest BCUT2D eigenvalue weighted by atomic mass is 79.9. The van der Waals surface area contributed by atoms with E-state index >= 15 is 0 Å². The van der Waals surface area contributed by atoms with Crippen molar-refractivity contribution in [1.82, 2.24) is 5.32 Å². The number of hydrogen-bond acceptors (Lipinski definition) is 2. The van der Waals surface area contributed by atoms with Crippen molar-refractivity contribution in [3.8, 4) is 0 Å². The maximum atomic E-state index is 12.0. The highest BCUT2D eigenvalue weighted by molar-refractivity contribution is 9.11. The summed E-state index contributed by atoms with van der Waals surface area (Å²) in [5, 5.41) is 2.99. The molecule has 1 heterocycles. The van der Waals surface area contributed by atoms with E-state index in [2.05, 4.69) is 37.2 Å². The first-order chi connectivity index (χ1) is 8.58. The highest BCUT2D eigenvalue weighted by Gasteiger charge is 2.14. The molecule has 0 aliphatic rings. The fraction of sp³-hybridized carbons (Fsp3) is 0.154. The van der Waals surface area contributed by atoms with E-state index in [1.54, 1.807) is 0 Å². The predicted molar refractivity (Wildman–Crippen MR) is 82.0 cm³/mol. The van der Waals surface area contributed by atoms with Crippen LogP contribution in [0.2, 0.25) is 0 Å². The van der Waals surface area contributed by atoms with Gasteiger partial charge in [0, 0.05) is 4.47 Å². The molecule has 1 aromatic heterocycles. The maximum absolute atomic E-state index is 12.0. The molecule has 1 unspecified atom stereocenters. The summed E-state index contributed by atoms with van der Waals surface area (Å²) in [6, 6.07) is 11.6. The van der Waals surface area contributed by atoms with E-state index in [4.69, 9.17) is 0 Å². The number of nitrogens with one attached hydrogen (secondary N) is 1. The van der Waals surface area contributed by atoms with Crippen LogP contribution in [0, 0.1) is 0 Å². The molecule has 0 aliphatic carbocycles. The number of rotatable bonds is 3. The van der Waals surface area contributed by atoms with E-state index in [1.807, 2.05) is 43.3 Å². The van der Waals surface area contributed by atoms with Gasteiger partial charge in [-0.05, 0) is 46.6 Å². The van der Waals surface area contributed by atoms with Crippen LogP contribution in [-0.2, 0) is 0 Å². The van der Waals surface area contributed by atoms with Gasteiger partial charge in [-0.1, -0.05) is 34.1 Å². The summed E-state index contributed by atoms with van der Waals surface area (Å²) >= 11 is 8.28. The molecule has 0 saturated carbocycles. The monoisotopic (exact) mass is 387 g/mol. The van der Waals surface area contributed by atoms with Crippen molar-refractivity contribution < 1.29 is 4.79 Å². The third kappa shape index (κ3) is 3.22. The van der Waals surface area contributed by atoms with E-state index in [0.717, 1.165) is 13.8 Å². The summed E-state index contributed by atoms with van der Waals surface area (Å²) in [5.41, 5.74) is 1.07. The molecule has 2 nitrogen and oxygen atoms in total. The van der Waals surface area contributed by atoms with Crippen LogP contribution in [0.4, 0.5) is 0 Å². The lowest BCUT2D eigenvalue weighted by Gasteiger charge is -2.15. The van der Waals surface area contributed by atoms with E-state index in [1.165, 1.54) is 11.3 Å². The molecule has 0 aliphatic heterocycles. The van der Waals surface area contributed by atoms with E-state index in [9.17, 15) is 4.79 Å². The second kappa shape index (κ2) is 5.99. The highest BCUT2D eigenvalue weighted by Crippen LogP contribution is 2.25. The standard InChI is InChI=1S/C13H11Br2NOS/c1-8(9-4-2-3-5-10(9)14)16-13(17)11-6-7-12(15)18-11/h2-8H,1H3,(H,16,17). The molecular weight excluding hydrogens is 378 g/mol. The Morgan fingerprint density at radius 2 is 1.94 bits per heavy atom. The zero-order chi connectivity index (χ0) is 13.1. The lowest BCUT2D eigenvalue weighted by atomic mass is 10.1. The molecule has 18 heavy (non-hydrogen) atoms. The molecule has 0 fully saturated rings. The average Bonchev–Trinajstić information content (AvgIpc) is 2.76. The maximum Gasteiger partial charge on any atom is 0.261 e. The zero-order valence-electron chi connectivity index (χ0n) is 9.61. The summed E-state index contributed by atoms with van der Waals surface area (Å²) in [6.45, 7) is 1.97. The minimum atomic E-state index is -0.0473. The molecule has 2 rings (SSSR count). The Morgan fingerprint density at radius 3 is 2.56 bits per heavy atom. The van der Waals surface area contributed by atoms with E-state index in [-0.39, 0.29) is 11.9 Å². The molecule has 94 valence electrons. The average molecular weight is 389 g/mol. The van der Waals surface area contributed by atoms with Gasteiger partial charge in [-0.25, -0.2) is 0 Å². The fourth-order valence-corrected chi connectivity index (χ4v) is 3.53. The number of halogens is 2. The van der Waals surface area contributed by atoms with E-state index < -0.39 is 0 Å². The molecular formula is C13H11Br2NOS. The number of amides is 1. The van der Waals surface area contributed by atoms with Crippen LogP contribution in [0.25, 0.3) is 0 Å². The lowest BCUT2D eigenvalue weighted by Crippen LogP contribution is -2.26. The van der Waals surface area contributed by atoms with Crippen molar-refractivity contribution >= 4 is 49.1 Å². The molecule has 1 aromatic carbocycles. The van der Waals surface area contributed by atoms with Gasteiger partial charge in [0.25, 0.3) is 5.91 Å². The Labute approximate surface area is 127 Å².